The maximum Gasteiger partial charge on any atom is 0.257 e. The van der Waals surface area contributed by atoms with Gasteiger partial charge in [0, 0.05) is 5.02 Å². The number of ether oxygens (including phenoxy) is 1. The van der Waals surface area contributed by atoms with Gasteiger partial charge in [-0.25, -0.2) is 0 Å². The first-order valence-electron chi connectivity index (χ1n) is 6.47. The van der Waals surface area contributed by atoms with E-state index in [1.165, 1.54) is 6.20 Å². The van der Waals surface area contributed by atoms with Gasteiger partial charge in [0.2, 0.25) is 0 Å². The lowest BCUT2D eigenvalue weighted by molar-refractivity contribution is 0.102. The second-order valence-corrected chi connectivity index (χ2v) is 4.87. The molecule has 5 nitrogen and oxygen atoms in total. The summed E-state index contributed by atoms with van der Waals surface area (Å²) in [6.07, 6.45) is 1.51. The quantitative estimate of drug-likeness (QED) is 0.908. The monoisotopic (exact) mass is 305 g/mol. The average molecular weight is 306 g/mol. The minimum atomic E-state index is -0.310. The van der Waals surface area contributed by atoms with Gasteiger partial charge >= 0.3 is 0 Å². The van der Waals surface area contributed by atoms with Crippen LogP contribution in [0.4, 0.5) is 11.4 Å². The zero-order valence-corrected chi connectivity index (χ0v) is 12.6. The number of aromatic nitrogens is 1. The van der Waals surface area contributed by atoms with E-state index in [1.807, 2.05) is 6.92 Å². The molecule has 0 atom stereocenters. The lowest BCUT2D eigenvalue weighted by atomic mass is 10.1. The van der Waals surface area contributed by atoms with Gasteiger partial charge in [0.05, 0.1) is 35.4 Å². The summed E-state index contributed by atoms with van der Waals surface area (Å²) in [5.74, 6) is 0.250. The molecule has 3 N–H and O–H groups in total. The first-order chi connectivity index (χ1) is 10.0. The average Bonchev–Trinajstić information content (AvgIpc) is 2.44. The highest BCUT2D eigenvalue weighted by molar-refractivity contribution is 6.31. The SMILES string of the molecule is CCOc1ccc(Cl)cc1NC(=O)c1cc(N)cnc1C. The molecule has 6 heteroatoms. The first-order valence-corrected chi connectivity index (χ1v) is 6.85. The van der Waals surface area contributed by atoms with Crippen molar-refractivity contribution in [1.29, 1.82) is 0 Å². The van der Waals surface area contributed by atoms with Crippen molar-refractivity contribution in [3.05, 3.63) is 46.7 Å². The number of anilines is 2. The molecule has 0 aliphatic carbocycles. The van der Waals surface area contributed by atoms with Gasteiger partial charge in [-0.05, 0) is 38.1 Å². The van der Waals surface area contributed by atoms with Crippen molar-refractivity contribution in [3.63, 3.8) is 0 Å². The van der Waals surface area contributed by atoms with E-state index in [-0.39, 0.29) is 5.91 Å². The van der Waals surface area contributed by atoms with Crippen LogP contribution in [0, 0.1) is 6.92 Å². The van der Waals surface area contributed by atoms with Gasteiger partial charge in [0.15, 0.2) is 0 Å². The number of nitrogen functional groups attached to an aromatic ring is 1. The Morgan fingerprint density at radius 2 is 2.19 bits per heavy atom. The minimum Gasteiger partial charge on any atom is -0.492 e. The smallest absolute Gasteiger partial charge is 0.257 e. The number of nitrogens with one attached hydrogen (secondary N) is 1. The van der Waals surface area contributed by atoms with E-state index < -0.39 is 0 Å². The van der Waals surface area contributed by atoms with Gasteiger partial charge in [-0.1, -0.05) is 11.6 Å². The third kappa shape index (κ3) is 3.64. The summed E-state index contributed by atoms with van der Waals surface area (Å²) in [6, 6.07) is 6.64. The van der Waals surface area contributed by atoms with Crippen LogP contribution in [0.3, 0.4) is 0 Å². The first kappa shape index (κ1) is 15.1. The molecule has 1 aromatic carbocycles. The molecule has 0 aliphatic rings. The number of carbonyl (C=O) groups excluding carboxylic acids is 1. The molecule has 110 valence electrons. The molecular weight excluding hydrogens is 290 g/mol. The van der Waals surface area contributed by atoms with Crippen molar-refractivity contribution in [2.45, 2.75) is 13.8 Å². The molecule has 21 heavy (non-hydrogen) atoms. The van der Waals surface area contributed by atoms with Gasteiger partial charge < -0.3 is 15.8 Å². The van der Waals surface area contributed by atoms with Crippen molar-refractivity contribution < 1.29 is 9.53 Å². The van der Waals surface area contributed by atoms with Gasteiger partial charge in [-0.3, -0.25) is 9.78 Å². The Hall–Kier alpha value is -2.27. The molecule has 2 aromatic rings. The van der Waals surface area contributed by atoms with Crippen molar-refractivity contribution in [3.8, 4) is 5.75 Å². The Morgan fingerprint density at radius 3 is 2.90 bits per heavy atom. The predicted molar refractivity (Wildman–Crippen MR) is 84.0 cm³/mol. The van der Waals surface area contributed by atoms with Crippen molar-refractivity contribution in [2.75, 3.05) is 17.7 Å². The van der Waals surface area contributed by atoms with E-state index in [1.54, 1.807) is 31.2 Å². The van der Waals surface area contributed by atoms with Crippen LogP contribution in [-0.2, 0) is 0 Å². The summed E-state index contributed by atoms with van der Waals surface area (Å²) >= 11 is 5.96. The van der Waals surface area contributed by atoms with E-state index in [0.717, 1.165) is 0 Å². The van der Waals surface area contributed by atoms with Crippen molar-refractivity contribution in [1.82, 2.24) is 4.98 Å². The van der Waals surface area contributed by atoms with E-state index in [9.17, 15) is 4.79 Å². The molecular formula is C15H16ClN3O2. The minimum absolute atomic E-state index is 0.310. The van der Waals surface area contributed by atoms with E-state index in [2.05, 4.69) is 10.3 Å². The largest absolute Gasteiger partial charge is 0.492 e. The highest BCUT2D eigenvalue weighted by Gasteiger charge is 2.13. The molecule has 0 spiro atoms. The molecule has 2 rings (SSSR count). The van der Waals surface area contributed by atoms with Gasteiger partial charge in [-0.15, -0.1) is 0 Å². The number of hydrogen-bond donors (Lipinski definition) is 2. The third-order valence-electron chi connectivity index (χ3n) is 2.84. The second kappa shape index (κ2) is 6.45. The number of carbonyl (C=O) groups is 1. The summed E-state index contributed by atoms with van der Waals surface area (Å²) in [5, 5.41) is 3.29. The zero-order chi connectivity index (χ0) is 15.4. The maximum atomic E-state index is 12.3. The number of benzene rings is 1. The molecule has 0 fully saturated rings. The number of aryl methyl sites for hydroxylation is 1. The topological polar surface area (TPSA) is 77.2 Å². The van der Waals surface area contributed by atoms with Crippen LogP contribution in [0.5, 0.6) is 5.75 Å². The standard InChI is InChI=1S/C15H16ClN3O2/c1-3-21-14-5-4-10(16)6-13(14)19-15(20)12-7-11(17)8-18-9(12)2/h4-8H,3,17H2,1-2H3,(H,19,20). The number of halogens is 1. The number of nitrogens with zero attached hydrogens (tertiary/aromatic N) is 1. The van der Waals surface area contributed by atoms with Gasteiger partial charge in [0.25, 0.3) is 5.91 Å². The molecule has 0 aliphatic heterocycles. The summed E-state index contributed by atoms with van der Waals surface area (Å²) in [4.78, 5) is 16.4. The lowest BCUT2D eigenvalue weighted by Gasteiger charge is -2.13. The number of hydrogen-bond acceptors (Lipinski definition) is 4. The fraction of sp³-hybridized carbons (Fsp3) is 0.200. The van der Waals surface area contributed by atoms with Crippen molar-refractivity contribution >= 4 is 28.9 Å². The normalized spacial score (nSPS) is 10.2. The molecule has 0 bridgehead atoms. The van der Waals surface area contributed by atoms with Gasteiger partial charge in [0.1, 0.15) is 5.75 Å². The highest BCUT2D eigenvalue weighted by Crippen LogP contribution is 2.28. The number of nitrogens with two attached hydrogens (primary N) is 1. The fourth-order valence-corrected chi connectivity index (χ4v) is 2.02. The Morgan fingerprint density at radius 1 is 1.43 bits per heavy atom. The van der Waals surface area contributed by atoms with E-state index in [0.29, 0.717) is 40.0 Å². The second-order valence-electron chi connectivity index (χ2n) is 4.43. The third-order valence-corrected chi connectivity index (χ3v) is 3.08. The number of amides is 1. The Kier molecular flexibility index (Phi) is 4.65. The van der Waals surface area contributed by atoms with Crippen LogP contribution in [0.2, 0.25) is 5.02 Å². The Bertz CT molecular complexity index is 674. The fourth-order valence-electron chi connectivity index (χ4n) is 1.85. The summed E-state index contributed by atoms with van der Waals surface area (Å²) in [5.41, 5.74) is 7.63. The van der Waals surface area contributed by atoms with E-state index >= 15 is 0 Å². The van der Waals surface area contributed by atoms with Gasteiger partial charge in [-0.2, -0.15) is 0 Å². The van der Waals surface area contributed by atoms with Crippen LogP contribution < -0.4 is 15.8 Å². The maximum absolute atomic E-state index is 12.3. The van der Waals surface area contributed by atoms with Crippen LogP contribution in [0.1, 0.15) is 23.0 Å². The summed E-state index contributed by atoms with van der Waals surface area (Å²) in [6.45, 7) is 4.10. The van der Waals surface area contributed by atoms with Crippen LogP contribution in [0.15, 0.2) is 30.5 Å². The molecule has 0 unspecified atom stereocenters. The molecule has 0 radical (unpaired) electrons. The van der Waals surface area contributed by atoms with Crippen molar-refractivity contribution in [2.24, 2.45) is 0 Å². The molecule has 0 saturated heterocycles. The Balaban J connectivity index is 2.31. The predicted octanol–water partition coefficient (Wildman–Crippen LogP) is 3.28. The molecule has 1 aromatic heterocycles. The van der Waals surface area contributed by atoms with E-state index in [4.69, 9.17) is 22.1 Å². The van der Waals surface area contributed by atoms with Crippen LogP contribution in [-0.4, -0.2) is 17.5 Å². The van der Waals surface area contributed by atoms with Crippen LogP contribution >= 0.6 is 11.6 Å². The summed E-state index contributed by atoms with van der Waals surface area (Å²) in [7, 11) is 0. The summed E-state index contributed by atoms with van der Waals surface area (Å²) < 4.78 is 5.47. The number of pyridine rings is 1. The molecule has 1 amide bonds. The molecule has 1 heterocycles. The Labute approximate surface area is 128 Å². The van der Waals surface area contributed by atoms with Crippen LogP contribution in [0.25, 0.3) is 0 Å². The molecule has 0 saturated carbocycles. The lowest BCUT2D eigenvalue weighted by Crippen LogP contribution is -2.15. The highest BCUT2D eigenvalue weighted by atomic mass is 35.5. The number of rotatable bonds is 4. The zero-order valence-electron chi connectivity index (χ0n) is 11.8.